The lowest BCUT2D eigenvalue weighted by Crippen LogP contribution is -2.29. The fourth-order valence-electron chi connectivity index (χ4n) is 2.96. The monoisotopic (exact) mass is 252 g/mol. The van der Waals surface area contributed by atoms with E-state index in [1.807, 2.05) is 0 Å². The molecule has 0 saturated heterocycles. The van der Waals surface area contributed by atoms with Crippen LogP contribution in [0.1, 0.15) is 22.7 Å². The van der Waals surface area contributed by atoms with E-state index < -0.39 is 0 Å². The summed E-state index contributed by atoms with van der Waals surface area (Å²) >= 11 is 0. The summed E-state index contributed by atoms with van der Waals surface area (Å²) < 4.78 is 0. The molecule has 0 bridgehead atoms. The first-order valence-corrected chi connectivity index (χ1v) is 6.94. The predicted octanol–water partition coefficient (Wildman–Crippen LogP) is 2.74. The Bertz CT molecular complexity index is 536. The second-order valence-corrected chi connectivity index (χ2v) is 5.16. The molecule has 0 fully saturated rings. The van der Waals surface area contributed by atoms with E-state index in [1.165, 1.54) is 16.7 Å². The highest BCUT2D eigenvalue weighted by molar-refractivity contribution is 5.34. The van der Waals surface area contributed by atoms with E-state index in [9.17, 15) is 0 Å². The van der Waals surface area contributed by atoms with Crippen LogP contribution < -0.4 is 5.73 Å². The maximum atomic E-state index is 5.97. The molecule has 1 heterocycles. The van der Waals surface area contributed by atoms with Gasteiger partial charge < -0.3 is 5.73 Å². The zero-order valence-corrected chi connectivity index (χ0v) is 11.1. The molecule has 2 N–H and O–H groups in total. The number of hydrogen-bond acceptors (Lipinski definition) is 2. The molecule has 2 aromatic rings. The first-order valence-electron chi connectivity index (χ1n) is 6.94. The number of benzene rings is 2. The minimum atomic E-state index is 0.389. The van der Waals surface area contributed by atoms with Gasteiger partial charge in [-0.15, -0.1) is 0 Å². The number of nitrogens with zero attached hydrogens (tertiary/aromatic N) is 1. The predicted molar refractivity (Wildman–Crippen MR) is 78.8 cm³/mol. The topological polar surface area (TPSA) is 29.3 Å². The molecule has 19 heavy (non-hydrogen) atoms. The molecule has 0 radical (unpaired) electrons. The zero-order valence-electron chi connectivity index (χ0n) is 11.1. The van der Waals surface area contributed by atoms with E-state index in [0.29, 0.717) is 12.6 Å². The smallest absolute Gasteiger partial charge is 0.0477 e. The van der Waals surface area contributed by atoms with Crippen LogP contribution in [0.25, 0.3) is 0 Å². The molecule has 98 valence electrons. The Morgan fingerprint density at radius 1 is 1.00 bits per heavy atom. The largest absolute Gasteiger partial charge is 0.329 e. The summed E-state index contributed by atoms with van der Waals surface area (Å²) in [4.78, 5) is 2.50. The van der Waals surface area contributed by atoms with Crippen molar-refractivity contribution in [2.75, 3.05) is 13.1 Å². The molecule has 0 spiro atoms. The van der Waals surface area contributed by atoms with Crippen LogP contribution in [0.3, 0.4) is 0 Å². The Kier molecular flexibility index (Phi) is 3.62. The van der Waals surface area contributed by atoms with Crippen LogP contribution in [-0.4, -0.2) is 18.0 Å². The van der Waals surface area contributed by atoms with Gasteiger partial charge in [-0.2, -0.15) is 0 Å². The third-order valence-corrected chi connectivity index (χ3v) is 3.98. The van der Waals surface area contributed by atoms with Crippen molar-refractivity contribution in [2.24, 2.45) is 5.73 Å². The normalized spacial score (nSPS) is 18.5. The van der Waals surface area contributed by atoms with Crippen LogP contribution >= 0.6 is 0 Å². The zero-order chi connectivity index (χ0) is 13.1. The minimum absolute atomic E-state index is 0.389. The molecule has 2 aromatic carbocycles. The molecule has 1 unspecified atom stereocenters. The molecule has 1 atom stereocenters. The summed E-state index contributed by atoms with van der Waals surface area (Å²) in [5, 5.41) is 0. The van der Waals surface area contributed by atoms with Gasteiger partial charge in [0.1, 0.15) is 0 Å². The fourth-order valence-corrected chi connectivity index (χ4v) is 2.96. The highest BCUT2D eigenvalue weighted by Gasteiger charge is 2.27. The van der Waals surface area contributed by atoms with Crippen LogP contribution in [0.15, 0.2) is 54.6 Å². The van der Waals surface area contributed by atoms with Crippen LogP contribution in [0.2, 0.25) is 0 Å². The number of nitrogens with two attached hydrogens (primary N) is 1. The lowest BCUT2D eigenvalue weighted by atomic mass is 10.1. The number of fused-ring (bicyclic) bond motifs is 1. The Hall–Kier alpha value is -1.64. The average molecular weight is 252 g/mol. The third kappa shape index (κ3) is 2.55. The van der Waals surface area contributed by atoms with Crippen LogP contribution in [0, 0.1) is 0 Å². The summed E-state index contributed by atoms with van der Waals surface area (Å²) in [5.74, 6) is 0. The lowest BCUT2D eigenvalue weighted by molar-refractivity contribution is 0.223. The Morgan fingerprint density at radius 2 is 1.74 bits per heavy atom. The Morgan fingerprint density at radius 3 is 2.53 bits per heavy atom. The molecule has 0 amide bonds. The van der Waals surface area contributed by atoms with Crippen molar-refractivity contribution in [2.45, 2.75) is 19.0 Å². The van der Waals surface area contributed by atoms with Crippen LogP contribution in [-0.2, 0) is 13.0 Å². The van der Waals surface area contributed by atoms with Gasteiger partial charge in [-0.3, -0.25) is 4.90 Å². The molecule has 3 rings (SSSR count). The lowest BCUT2D eigenvalue weighted by Gasteiger charge is -2.23. The van der Waals surface area contributed by atoms with Crippen molar-refractivity contribution >= 4 is 0 Å². The molecule has 1 aliphatic heterocycles. The van der Waals surface area contributed by atoms with Gasteiger partial charge in [-0.25, -0.2) is 0 Å². The van der Waals surface area contributed by atoms with Crippen molar-refractivity contribution in [3.8, 4) is 0 Å². The highest BCUT2D eigenvalue weighted by atomic mass is 15.2. The van der Waals surface area contributed by atoms with Crippen molar-refractivity contribution in [3.63, 3.8) is 0 Å². The average Bonchev–Trinajstić information content (AvgIpc) is 2.83. The first-order chi connectivity index (χ1) is 9.38. The van der Waals surface area contributed by atoms with Gasteiger partial charge in [0, 0.05) is 25.7 Å². The first kappa shape index (κ1) is 12.4. The second kappa shape index (κ2) is 5.55. The Balaban J connectivity index is 1.70. The quantitative estimate of drug-likeness (QED) is 0.906. The summed E-state index contributed by atoms with van der Waals surface area (Å²) in [5.41, 5.74) is 10.2. The van der Waals surface area contributed by atoms with E-state index in [2.05, 4.69) is 59.5 Å². The van der Waals surface area contributed by atoms with Gasteiger partial charge in [0.15, 0.2) is 0 Å². The van der Waals surface area contributed by atoms with Crippen molar-refractivity contribution in [1.29, 1.82) is 0 Å². The highest BCUT2D eigenvalue weighted by Crippen LogP contribution is 2.32. The molecular weight excluding hydrogens is 232 g/mol. The van der Waals surface area contributed by atoms with Gasteiger partial charge in [0.25, 0.3) is 0 Å². The standard InChI is InChI=1S/C17H20N2/c18-12-17-16-9-5-4-8-15(16)13-19(17)11-10-14-6-2-1-3-7-14/h1-9,17H,10-13,18H2. The van der Waals surface area contributed by atoms with E-state index in [0.717, 1.165) is 19.5 Å². The molecule has 0 aromatic heterocycles. The van der Waals surface area contributed by atoms with Crippen LogP contribution in [0.5, 0.6) is 0 Å². The summed E-state index contributed by atoms with van der Waals surface area (Å²) in [6.45, 7) is 2.80. The molecular formula is C17H20N2. The molecule has 1 aliphatic rings. The summed E-state index contributed by atoms with van der Waals surface area (Å²) in [6.07, 6.45) is 1.09. The van der Waals surface area contributed by atoms with E-state index in [1.54, 1.807) is 0 Å². The maximum Gasteiger partial charge on any atom is 0.0477 e. The van der Waals surface area contributed by atoms with E-state index in [-0.39, 0.29) is 0 Å². The van der Waals surface area contributed by atoms with Gasteiger partial charge in [-0.05, 0) is 23.1 Å². The fraction of sp³-hybridized carbons (Fsp3) is 0.294. The number of hydrogen-bond donors (Lipinski definition) is 1. The van der Waals surface area contributed by atoms with E-state index in [4.69, 9.17) is 5.73 Å². The third-order valence-electron chi connectivity index (χ3n) is 3.98. The van der Waals surface area contributed by atoms with Crippen LogP contribution in [0.4, 0.5) is 0 Å². The van der Waals surface area contributed by atoms with Gasteiger partial charge in [0.2, 0.25) is 0 Å². The summed E-state index contributed by atoms with van der Waals surface area (Å²) in [6, 6.07) is 19.7. The molecule has 2 nitrogen and oxygen atoms in total. The van der Waals surface area contributed by atoms with E-state index >= 15 is 0 Å². The van der Waals surface area contributed by atoms with Crippen molar-refractivity contribution < 1.29 is 0 Å². The molecule has 0 saturated carbocycles. The van der Waals surface area contributed by atoms with Gasteiger partial charge in [0.05, 0.1) is 0 Å². The minimum Gasteiger partial charge on any atom is -0.329 e. The summed E-state index contributed by atoms with van der Waals surface area (Å²) in [7, 11) is 0. The molecule has 0 aliphatic carbocycles. The number of rotatable bonds is 4. The van der Waals surface area contributed by atoms with Crippen molar-refractivity contribution in [3.05, 3.63) is 71.3 Å². The van der Waals surface area contributed by atoms with Gasteiger partial charge >= 0.3 is 0 Å². The van der Waals surface area contributed by atoms with Crippen molar-refractivity contribution in [1.82, 2.24) is 4.90 Å². The maximum absolute atomic E-state index is 5.97. The van der Waals surface area contributed by atoms with Gasteiger partial charge in [-0.1, -0.05) is 54.6 Å². The SMILES string of the molecule is NCC1c2ccccc2CN1CCc1ccccc1. The molecule has 2 heteroatoms. The Labute approximate surface area is 114 Å². The second-order valence-electron chi connectivity index (χ2n) is 5.16.